The number of benzene rings is 2. The lowest BCUT2D eigenvalue weighted by Crippen LogP contribution is -2.29. The Hall–Kier alpha value is -1.67. The number of halogens is 1. The van der Waals surface area contributed by atoms with Gasteiger partial charge in [-0.1, -0.05) is 61.9 Å². The minimum Gasteiger partial charge on any atom is -0.314 e. The van der Waals surface area contributed by atoms with Gasteiger partial charge in [0, 0.05) is 18.5 Å². The Bertz CT molecular complexity index is 577. The lowest BCUT2D eigenvalue weighted by molar-refractivity contribution is 0.517. The summed E-state index contributed by atoms with van der Waals surface area (Å²) >= 11 is 0. The lowest BCUT2D eigenvalue weighted by atomic mass is 9.90. The van der Waals surface area contributed by atoms with Crippen LogP contribution in [0, 0.1) is 12.7 Å². The van der Waals surface area contributed by atoms with Crippen molar-refractivity contribution in [1.82, 2.24) is 5.32 Å². The molecule has 0 aromatic heterocycles. The molecule has 0 aliphatic rings. The molecule has 0 bridgehead atoms. The van der Waals surface area contributed by atoms with Crippen LogP contribution in [0.2, 0.25) is 0 Å². The zero-order valence-corrected chi connectivity index (χ0v) is 13.1. The minimum absolute atomic E-state index is 0.111. The molecule has 2 aromatic rings. The molecule has 0 heterocycles. The zero-order chi connectivity index (χ0) is 15.2. The molecule has 0 saturated heterocycles. The Morgan fingerprint density at radius 2 is 1.81 bits per heavy atom. The summed E-state index contributed by atoms with van der Waals surface area (Å²) in [5, 5.41) is 3.48. The second kappa shape index (κ2) is 7.37. The molecule has 1 N–H and O–H groups in total. The van der Waals surface area contributed by atoms with Gasteiger partial charge in [-0.2, -0.15) is 0 Å². The van der Waals surface area contributed by atoms with Crippen LogP contribution in [0.1, 0.15) is 36.5 Å². The van der Waals surface area contributed by atoms with Crippen molar-refractivity contribution >= 4 is 0 Å². The summed E-state index contributed by atoms with van der Waals surface area (Å²) in [6.07, 6.45) is 0.718. The van der Waals surface area contributed by atoms with E-state index in [9.17, 15) is 4.39 Å². The predicted molar refractivity (Wildman–Crippen MR) is 87.2 cm³/mol. The summed E-state index contributed by atoms with van der Waals surface area (Å²) in [6, 6.07) is 16.0. The van der Waals surface area contributed by atoms with E-state index in [4.69, 9.17) is 0 Å². The SMILES string of the molecule is Cc1cccc(C(CNC(C)C)Cc2ccccc2F)c1. The molecular formula is C19H24FN. The number of rotatable bonds is 6. The van der Waals surface area contributed by atoms with Gasteiger partial charge in [-0.3, -0.25) is 0 Å². The molecule has 0 amide bonds. The van der Waals surface area contributed by atoms with Gasteiger partial charge in [0.1, 0.15) is 5.82 Å². The van der Waals surface area contributed by atoms with Crippen LogP contribution in [0.15, 0.2) is 48.5 Å². The van der Waals surface area contributed by atoms with Crippen LogP contribution in [-0.4, -0.2) is 12.6 Å². The fraction of sp³-hybridized carbons (Fsp3) is 0.368. The van der Waals surface area contributed by atoms with Gasteiger partial charge < -0.3 is 5.32 Å². The van der Waals surface area contributed by atoms with Gasteiger partial charge in [0.2, 0.25) is 0 Å². The van der Waals surface area contributed by atoms with Gasteiger partial charge in [-0.25, -0.2) is 4.39 Å². The second-order valence-corrected chi connectivity index (χ2v) is 5.97. The number of nitrogens with one attached hydrogen (secondary N) is 1. The molecule has 0 fully saturated rings. The maximum absolute atomic E-state index is 13.9. The minimum atomic E-state index is -0.111. The molecule has 0 saturated carbocycles. The molecule has 112 valence electrons. The first-order valence-corrected chi connectivity index (χ1v) is 7.59. The average Bonchev–Trinajstić information content (AvgIpc) is 2.45. The Morgan fingerprint density at radius 1 is 1.05 bits per heavy atom. The van der Waals surface area contributed by atoms with E-state index in [-0.39, 0.29) is 11.7 Å². The molecule has 0 aliphatic carbocycles. The highest BCUT2D eigenvalue weighted by molar-refractivity contribution is 5.29. The standard InChI is InChI=1S/C19H24FN/c1-14(2)21-13-18(16-9-6-7-15(3)11-16)12-17-8-4-5-10-19(17)20/h4-11,14,18,21H,12-13H2,1-3H3. The molecule has 0 spiro atoms. The Kier molecular flexibility index (Phi) is 5.51. The average molecular weight is 285 g/mol. The fourth-order valence-corrected chi connectivity index (χ4v) is 2.54. The maximum Gasteiger partial charge on any atom is 0.126 e. The van der Waals surface area contributed by atoms with Crippen LogP contribution in [0.3, 0.4) is 0 Å². The second-order valence-electron chi connectivity index (χ2n) is 5.97. The van der Waals surface area contributed by atoms with E-state index in [1.54, 1.807) is 12.1 Å². The third-order valence-electron chi connectivity index (χ3n) is 3.71. The summed E-state index contributed by atoms with van der Waals surface area (Å²) in [5.74, 6) is 0.170. The van der Waals surface area contributed by atoms with Gasteiger partial charge in [0.05, 0.1) is 0 Å². The summed E-state index contributed by atoms with van der Waals surface area (Å²) in [7, 11) is 0. The Morgan fingerprint density at radius 3 is 2.48 bits per heavy atom. The predicted octanol–water partition coefficient (Wildman–Crippen LogP) is 4.46. The lowest BCUT2D eigenvalue weighted by Gasteiger charge is -2.20. The van der Waals surface area contributed by atoms with Crippen LogP contribution in [-0.2, 0) is 6.42 Å². The molecule has 0 aliphatic heterocycles. The van der Waals surface area contributed by atoms with Crippen molar-refractivity contribution < 1.29 is 4.39 Å². The molecule has 1 atom stereocenters. The summed E-state index contributed by atoms with van der Waals surface area (Å²) in [5.41, 5.74) is 3.30. The normalized spacial score (nSPS) is 12.6. The molecular weight excluding hydrogens is 261 g/mol. The van der Waals surface area contributed by atoms with Crippen molar-refractivity contribution in [2.45, 2.75) is 39.2 Å². The Labute approximate surface area is 127 Å². The van der Waals surface area contributed by atoms with Gasteiger partial charge in [-0.05, 0) is 30.5 Å². The van der Waals surface area contributed by atoms with Crippen molar-refractivity contribution in [3.05, 3.63) is 71.0 Å². The van der Waals surface area contributed by atoms with Gasteiger partial charge in [0.15, 0.2) is 0 Å². The van der Waals surface area contributed by atoms with Crippen LogP contribution in [0.4, 0.5) is 4.39 Å². The van der Waals surface area contributed by atoms with Crippen LogP contribution in [0.25, 0.3) is 0 Å². The smallest absolute Gasteiger partial charge is 0.126 e. The molecule has 1 nitrogen and oxygen atoms in total. The molecule has 21 heavy (non-hydrogen) atoms. The van der Waals surface area contributed by atoms with E-state index >= 15 is 0 Å². The van der Waals surface area contributed by atoms with Gasteiger partial charge in [-0.15, -0.1) is 0 Å². The maximum atomic E-state index is 13.9. The topological polar surface area (TPSA) is 12.0 Å². The van der Waals surface area contributed by atoms with Crippen molar-refractivity contribution in [3.63, 3.8) is 0 Å². The van der Waals surface area contributed by atoms with Crippen LogP contribution in [0.5, 0.6) is 0 Å². The van der Waals surface area contributed by atoms with E-state index < -0.39 is 0 Å². The van der Waals surface area contributed by atoms with Crippen molar-refractivity contribution in [2.24, 2.45) is 0 Å². The first-order valence-electron chi connectivity index (χ1n) is 7.59. The van der Waals surface area contributed by atoms with Crippen molar-refractivity contribution in [3.8, 4) is 0 Å². The van der Waals surface area contributed by atoms with Crippen LogP contribution >= 0.6 is 0 Å². The highest BCUT2D eigenvalue weighted by Crippen LogP contribution is 2.23. The third-order valence-corrected chi connectivity index (χ3v) is 3.71. The first-order chi connectivity index (χ1) is 10.1. The molecule has 2 rings (SSSR count). The fourth-order valence-electron chi connectivity index (χ4n) is 2.54. The van der Waals surface area contributed by atoms with E-state index in [2.05, 4.69) is 50.4 Å². The molecule has 2 heteroatoms. The van der Waals surface area contributed by atoms with E-state index in [0.29, 0.717) is 6.04 Å². The molecule has 1 unspecified atom stereocenters. The molecule has 2 aromatic carbocycles. The summed E-state index contributed by atoms with van der Waals surface area (Å²) < 4.78 is 13.9. The van der Waals surface area contributed by atoms with E-state index in [0.717, 1.165) is 18.5 Å². The van der Waals surface area contributed by atoms with Crippen LogP contribution < -0.4 is 5.32 Å². The highest BCUT2D eigenvalue weighted by atomic mass is 19.1. The first kappa shape index (κ1) is 15.7. The highest BCUT2D eigenvalue weighted by Gasteiger charge is 2.15. The monoisotopic (exact) mass is 285 g/mol. The van der Waals surface area contributed by atoms with Crippen molar-refractivity contribution in [2.75, 3.05) is 6.54 Å². The molecule has 0 radical (unpaired) electrons. The van der Waals surface area contributed by atoms with E-state index in [1.165, 1.54) is 11.1 Å². The summed E-state index contributed by atoms with van der Waals surface area (Å²) in [4.78, 5) is 0. The van der Waals surface area contributed by atoms with Gasteiger partial charge in [0.25, 0.3) is 0 Å². The largest absolute Gasteiger partial charge is 0.314 e. The Balaban J connectivity index is 2.21. The number of hydrogen-bond donors (Lipinski definition) is 1. The van der Waals surface area contributed by atoms with Gasteiger partial charge >= 0.3 is 0 Å². The van der Waals surface area contributed by atoms with Crippen molar-refractivity contribution in [1.29, 1.82) is 0 Å². The summed E-state index contributed by atoms with van der Waals surface area (Å²) in [6.45, 7) is 7.22. The zero-order valence-electron chi connectivity index (χ0n) is 13.1. The third kappa shape index (κ3) is 4.68. The number of hydrogen-bond acceptors (Lipinski definition) is 1. The number of aryl methyl sites for hydroxylation is 1. The quantitative estimate of drug-likeness (QED) is 0.826. The van der Waals surface area contributed by atoms with E-state index in [1.807, 2.05) is 12.1 Å².